The summed E-state index contributed by atoms with van der Waals surface area (Å²) in [6.45, 7) is -0.676. The molecule has 1 aliphatic heterocycles. The monoisotopic (exact) mass is 632 g/mol. The van der Waals surface area contributed by atoms with Crippen LogP contribution in [0.25, 0.3) is 28.0 Å². The third-order valence-electron chi connectivity index (χ3n) is 6.90. The summed E-state index contributed by atoms with van der Waals surface area (Å²) in [7, 11) is 0. The van der Waals surface area contributed by atoms with Gasteiger partial charge in [-0.15, -0.1) is 0 Å². The van der Waals surface area contributed by atoms with Gasteiger partial charge in [0.25, 0.3) is 0 Å². The van der Waals surface area contributed by atoms with Crippen molar-refractivity contribution in [2.75, 3.05) is 6.61 Å². The standard InChI is InChI=1S/C31H23F3N6O6/c32-31(33,34)19-8-10-20(11-9-19)40-29-23(24(38-40)18-4-2-1-3-5-18)28(35)39(16-36-29)37-14-17-6-12-21(13-7-17)45-30-27(44)26(43)25(42)22(15-41)46-30/h1-14,16,22,35,41-44H,15H2/b35-28?,37-14-. The molecule has 0 saturated carbocycles. The van der Waals surface area contributed by atoms with E-state index in [1.165, 1.54) is 46.2 Å². The predicted molar refractivity (Wildman–Crippen MR) is 157 cm³/mol. The molecule has 5 N–H and O–H groups in total. The predicted octanol–water partition coefficient (Wildman–Crippen LogP) is 5.09. The van der Waals surface area contributed by atoms with E-state index in [4.69, 9.17) is 14.9 Å². The molecule has 0 amide bonds. The van der Waals surface area contributed by atoms with Crippen LogP contribution in [0.2, 0.25) is 0 Å². The number of nitrogens with one attached hydrogen (secondary N) is 1. The summed E-state index contributed by atoms with van der Waals surface area (Å²) < 4.78 is 52.7. The van der Waals surface area contributed by atoms with E-state index in [-0.39, 0.29) is 16.9 Å². The largest absolute Gasteiger partial charge is 0.505 e. The Hall–Kier alpha value is -6.09. The van der Waals surface area contributed by atoms with E-state index >= 15 is 0 Å². The van der Waals surface area contributed by atoms with Crippen LogP contribution in [0.1, 0.15) is 11.1 Å². The van der Waals surface area contributed by atoms with Gasteiger partial charge < -0.3 is 29.9 Å². The van der Waals surface area contributed by atoms with E-state index in [0.717, 1.165) is 12.1 Å². The summed E-state index contributed by atoms with van der Waals surface area (Å²) in [4.78, 5) is 4.44. The lowest BCUT2D eigenvalue weighted by Crippen LogP contribution is -2.28. The minimum atomic E-state index is -4.50. The molecule has 1 atom stereocenters. The molecular weight excluding hydrogens is 609 g/mol. The van der Waals surface area contributed by atoms with Crippen molar-refractivity contribution >= 4 is 17.2 Å². The maximum Gasteiger partial charge on any atom is 0.416 e. The lowest BCUT2D eigenvalue weighted by molar-refractivity contribution is -0.137. The molecule has 12 nitrogen and oxygen atoms in total. The molecule has 0 saturated heterocycles. The second-order valence-electron chi connectivity index (χ2n) is 9.88. The summed E-state index contributed by atoms with van der Waals surface area (Å²) in [6.07, 6.45) is -3.08. The smallest absolute Gasteiger partial charge is 0.416 e. The number of halogens is 3. The van der Waals surface area contributed by atoms with E-state index < -0.39 is 47.7 Å². The van der Waals surface area contributed by atoms with Crippen molar-refractivity contribution in [2.45, 2.75) is 12.3 Å². The molecule has 46 heavy (non-hydrogen) atoms. The molecule has 0 radical (unpaired) electrons. The van der Waals surface area contributed by atoms with Gasteiger partial charge >= 0.3 is 12.1 Å². The van der Waals surface area contributed by atoms with Gasteiger partial charge in [0.05, 0.1) is 29.5 Å². The number of aliphatic hydroxyl groups is 4. The summed E-state index contributed by atoms with van der Waals surface area (Å²) in [5, 5.41) is 57.2. The molecule has 6 rings (SSSR count). The molecule has 15 heteroatoms. The average Bonchev–Trinajstić information content (AvgIpc) is 3.46. The van der Waals surface area contributed by atoms with Crippen molar-refractivity contribution in [3.05, 3.63) is 125 Å². The second-order valence-corrected chi connectivity index (χ2v) is 9.88. The Morgan fingerprint density at radius 1 is 0.957 bits per heavy atom. The van der Waals surface area contributed by atoms with Gasteiger partial charge in [0.1, 0.15) is 17.8 Å². The highest BCUT2D eigenvalue weighted by Crippen LogP contribution is 2.31. The van der Waals surface area contributed by atoms with E-state index in [1.807, 2.05) is 6.07 Å². The molecule has 1 aliphatic rings. The average molecular weight is 633 g/mol. The van der Waals surface area contributed by atoms with Gasteiger partial charge in [-0.25, -0.2) is 14.3 Å². The number of aliphatic hydroxyl groups excluding tert-OH is 4. The fraction of sp³-hybridized carbons (Fsp3) is 0.0968. The summed E-state index contributed by atoms with van der Waals surface area (Å²) in [5.41, 5.74) is 1.31. The van der Waals surface area contributed by atoms with Crippen molar-refractivity contribution < 1.29 is 43.1 Å². The van der Waals surface area contributed by atoms with Crippen LogP contribution >= 0.6 is 0 Å². The van der Waals surface area contributed by atoms with E-state index in [0.29, 0.717) is 27.9 Å². The molecule has 0 aliphatic carbocycles. The lowest BCUT2D eigenvalue weighted by atomic mass is 10.1. The van der Waals surface area contributed by atoms with Crippen molar-refractivity contribution in [3.63, 3.8) is 0 Å². The second kappa shape index (κ2) is 11.8. The molecule has 5 aromatic rings. The molecule has 2 aromatic heterocycles. The number of benzene rings is 3. The first-order chi connectivity index (χ1) is 22.0. The number of ether oxygens (including phenoxy) is 2. The number of nitrogens with zero attached hydrogens (tertiary/aromatic N) is 5. The highest BCUT2D eigenvalue weighted by molar-refractivity contribution is 5.91. The molecule has 0 fully saturated rings. The van der Waals surface area contributed by atoms with E-state index in [1.54, 1.807) is 36.4 Å². The van der Waals surface area contributed by atoms with Crippen LogP contribution < -0.4 is 10.2 Å². The van der Waals surface area contributed by atoms with Crippen molar-refractivity contribution in [1.82, 2.24) is 19.4 Å². The zero-order valence-electron chi connectivity index (χ0n) is 23.4. The molecule has 3 aromatic carbocycles. The topological polar surface area (TPSA) is 171 Å². The molecule has 0 bridgehead atoms. The Kier molecular flexibility index (Phi) is 7.67. The van der Waals surface area contributed by atoms with Gasteiger partial charge in [-0.2, -0.15) is 23.4 Å². The fourth-order valence-electron chi connectivity index (χ4n) is 4.55. The van der Waals surface area contributed by atoms with E-state index in [2.05, 4.69) is 15.2 Å². The van der Waals surface area contributed by atoms with Crippen molar-refractivity contribution in [1.29, 1.82) is 5.41 Å². The Balaban J connectivity index is 1.31. The van der Waals surface area contributed by atoms with Crippen LogP contribution in [-0.2, 0) is 10.9 Å². The zero-order valence-corrected chi connectivity index (χ0v) is 23.4. The van der Waals surface area contributed by atoms with Gasteiger partial charge in [-0.05, 0) is 54.1 Å². The number of alkyl halides is 3. The minimum absolute atomic E-state index is 0.0790. The molecule has 3 heterocycles. The summed E-state index contributed by atoms with van der Waals surface area (Å²) in [5.74, 6) is -2.79. The minimum Gasteiger partial charge on any atom is -0.505 e. The third kappa shape index (κ3) is 5.61. The Morgan fingerprint density at radius 3 is 2.30 bits per heavy atom. The SMILES string of the molecule is N=c1c2c(-c3ccccc3)nn(-c3ccc(C(F)(F)F)cc3)c2ncn1/N=C\c1ccc(OC2=C(O)C(O)=C(O)C(CO)O2)cc1. The van der Waals surface area contributed by atoms with Crippen LogP contribution in [0.15, 0.2) is 114 Å². The van der Waals surface area contributed by atoms with Crippen LogP contribution in [-0.4, -0.2) is 58.8 Å². The van der Waals surface area contributed by atoms with Crippen LogP contribution in [0, 0.1) is 5.41 Å². The van der Waals surface area contributed by atoms with Gasteiger partial charge in [0.2, 0.25) is 11.5 Å². The third-order valence-corrected chi connectivity index (χ3v) is 6.90. The van der Waals surface area contributed by atoms with Gasteiger partial charge in [0, 0.05) is 5.56 Å². The number of rotatable bonds is 7. The first-order valence-electron chi connectivity index (χ1n) is 13.5. The first-order valence-corrected chi connectivity index (χ1v) is 13.5. The Bertz CT molecular complexity index is 2070. The van der Waals surface area contributed by atoms with E-state index in [9.17, 15) is 33.6 Å². The number of fused-ring (bicyclic) bond motifs is 1. The zero-order chi connectivity index (χ0) is 32.6. The first kappa shape index (κ1) is 30.0. The molecule has 1 unspecified atom stereocenters. The maximum absolute atomic E-state index is 13.1. The molecule has 0 spiro atoms. The summed E-state index contributed by atoms with van der Waals surface area (Å²) >= 11 is 0. The number of hydrogen-bond donors (Lipinski definition) is 5. The molecular formula is C31H23F3N6O6. The van der Waals surface area contributed by atoms with Crippen molar-refractivity contribution in [3.8, 4) is 22.7 Å². The number of aromatic nitrogens is 4. The van der Waals surface area contributed by atoms with Crippen LogP contribution in [0.5, 0.6) is 5.75 Å². The normalized spacial score (nSPS) is 15.5. The van der Waals surface area contributed by atoms with Gasteiger partial charge in [-0.3, -0.25) is 5.41 Å². The molecule has 234 valence electrons. The highest BCUT2D eigenvalue weighted by Gasteiger charge is 2.32. The van der Waals surface area contributed by atoms with Crippen molar-refractivity contribution in [2.24, 2.45) is 5.10 Å². The maximum atomic E-state index is 13.1. The summed E-state index contributed by atoms with van der Waals surface area (Å²) in [6, 6.07) is 19.7. The quantitative estimate of drug-likeness (QED) is 0.154. The number of hydrogen-bond acceptors (Lipinski definition) is 10. The Morgan fingerprint density at radius 2 is 1.65 bits per heavy atom. The van der Waals surface area contributed by atoms with Gasteiger partial charge in [-0.1, -0.05) is 30.3 Å². The van der Waals surface area contributed by atoms with Gasteiger partial charge in [0.15, 0.2) is 23.0 Å². The van der Waals surface area contributed by atoms with Crippen LogP contribution in [0.3, 0.4) is 0 Å². The fourth-order valence-corrected chi connectivity index (χ4v) is 4.55. The lowest BCUT2D eigenvalue weighted by Gasteiger charge is -2.23. The Labute approximate surface area is 257 Å². The van der Waals surface area contributed by atoms with Crippen LogP contribution in [0.4, 0.5) is 13.2 Å². The highest BCUT2D eigenvalue weighted by atomic mass is 19.4.